The molecule has 0 aromatic heterocycles. The highest BCUT2D eigenvalue weighted by Crippen LogP contribution is 2.09. The Morgan fingerprint density at radius 2 is 1.88 bits per heavy atom. The standard InChI is InChI=1S/C11H23N3O2/c1-11(2,16)9-13-5-7-14(8-6-13)10(15)3-4-12/h16H,3-9,12H2,1-2H3. The lowest BCUT2D eigenvalue weighted by Gasteiger charge is -2.37. The number of nitrogens with zero attached hydrogens (tertiary/aromatic N) is 2. The molecule has 5 heteroatoms. The van der Waals surface area contributed by atoms with Crippen LogP contribution in [-0.4, -0.2) is 65.7 Å². The summed E-state index contributed by atoms with van der Waals surface area (Å²) in [7, 11) is 0. The van der Waals surface area contributed by atoms with Crippen LogP contribution in [-0.2, 0) is 4.79 Å². The number of nitrogens with two attached hydrogens (primary N) is 1. The molecule has 1 aliphatic rings. The van der Waals surface area contributed by atoms with Gasteiger partial charge >= 0.3 is 0 Å². The van der Waals surface area contributed by atoms with Gasteiger partial charge in [-0.25, -0.2) is 0 Å². The average Bonchev–Trinajstić information content (AvgIpc) is 2.16. The van der Waals surface area contributed by atoms with Crippen molar-refractivity contribution in [2.75, 3.05) is 39.3 Å². The second-order valence-electron chi connectivity index (χ2n) is 5.01. The molecule has 1 saturated heterocycles. The van der Waals surface area contributed by atoms with E-state index in [0.29, 0.717) is 19.5 Å². The minimum atomic E-state index is -0.663. The summed E-state index contributed by atoms with van der Waals surface area (Å²) in [4.78, 5) is 15.6. The van der Waals surface area contributed by atoms with Crippen molar-refractivity contribution in [3.63, 3.8) is 0 Å². The van der Waals surface area contributed by atoms with Crippen LogP contribution < -0.4 is 5.73 Å². The van der Waals surface area contributed by atoms with Crippen molar-refractivity contribution in [3.8, 4) is 0 Å². The lowest BCUT2D eigenvalue weighted by atomic mass is 10.1. The Kier molecular flexibility index (Phi) is 4.70. The molecule has 1 fully saturated rings. The van der Waals surface area contributed by atoms with Crippen molar-refractivity contribution < 1.29 is 9.90 Å². The van der Waals surface area contributed by atoms with Crippen LogP contribution in [0, 0.1) is 0 Å². The zero-order valence-electron chi connectivity index (χ0n) is 10.3. The van der Waals surface area contributed by atoms with Gasteiger partial charge < -0.3 is 15.7 Å². The summed E-state index contributed by atoms with van der Waals surface area (Å²) in [6.07, 6.45) is 0.436. The first-order valence-electron chi connectivity index (χ1n) is 5.85. The highest BCUT2D eigenvalue weighted by molar-refractivity contribution is 5.76. The summed E-state index contributed by atoms with van der Waals surface area (Å²) in [6, 6.07) is 0. The number of piperazine rings is 1. The van der Waals surface area contributed by atoms with Crippen LogP contribution in [0.4, 0.5) is 0 Å². The first kappa shape index (κ1) is 13.4. The summed E-state index contributed by atoms with van der Waals surface area (Å²) >= 11 is 0. The van der Waals surface area contributed by atoms with Crippen molar-refractivity contribution in [2.45, 2.75) is 25.9 Å². The van der Waals surface area contributed by atoms with Crippen LogP contribution in [0.5, 0.6) is 0 Å². The second kappa shape index (κ2) is 5.61. The highest BCUT2D eigenvalue weighted by Gasteiger charge is 2.24. The number of hydrogen-bond acceptors (Lipinski definition) is 4. The van der Waals surface area contributed by atoms with Gasteiger partial charge in [-0.2, -0.15) is 0 Å². The zero-order chi connectivity index (χ0) is 12.2. The third-order valence-corrected chi connectivity index (χ3v) is 2.69. The number of β-amino-alcohol motifs (C(OH)–C–C–N with tert-alkyl or cyclic N) is 1. The second-order valence-corrected chi connectivity index (χ2v) is 5.01. The van der Waals surface area contributed by atoms with Crippen LogP contribution in [0.25, 0.3) is 0 Å². The van der Waals surface area contributed by atoms with Crippen molar-refractivity contribution in [3.05, 3.63) is 0 Å². The van der Waals surface area contributed by atoms with E-state index in [1.807, 2.05) is 4.90 Å². The highest BCUT2D eigenvalue weighted by atomic mass is 16.3. The lowest BCUT2D eigenvalue weighted by molar-refractivity contribution is -0.133. The van der Waals surface area contributed by atoms with E-state index in [-0.39, 0.29) is 5.91 Å². The molecular weight excluding hydrogens is 206 g/mol. The Hall–Kier alpha value is -0.650. The van der Waals surface area contributed by atoms with Gasteiger partial charge in [0.1, 0.15) is 0 Å². The summed E-state index contributed by atoms with van der Waals surface area (Å²) < 4.78 is 0. The molecule has 1 heterocycles. The van der Waals surface area contributed by atoms with Gasteiger partial charge in [0.2, 0.25) is 5.91 Å². The largest absolute Gasteiger partial charge is 0.389 e. The number of hydrogen-bond donors (Lipinski definition) is 2. The molecule has 1 rings (SSSR count). The average molecular weight is 229 g/mol. The van der Waals surface area contributed by atoms with E-state index < -0.39 is 5.60 Å². The van der Waals surface area contributed by atoms with Crippen LogP contribution in [0.15, 0.2) is 0 Å². The molecule has 94 valence electrons. The maximum Gasteiger partial charge on any atom is 0.223 e. The lowest BCUT2D eigenvalue weighted by Crippen LogP contribution is -2.52. The Balaban J connectivity index is 2.31. The number of carbonyl (C=O) groups is 1. The van der Waals surface area contributed by atoms with E-state index in [1.54, 1.807) is 13.8 Å². The predicted molar refractivity (Wildman–Crippen MR) is 63.0 cm³/mol. The van der Waals surface area contributed by atoms with Crippen LogP contribution >= 0.6 is 0 Å². The fourth-order valence-electron chi connectivity index (χ4n) is 1.98. The smallest absolute Gasteiger partial charge is 0.223 e. The van der Waals surface area contributed by atoms with Crippen molar-refractivity contribution in [1.29, 1.82) is 0 Å². The summed E-state index contributed by atoms with van der Waals surface area (Å²) in [5, 5.41) is 9.69. The Morgan fingerprint density at radius 3 is 2.31 bits per heavy atom. The van der Waals surface area contributed by atoms with Gasteiger partial charge in [-0.05, 0) is 13.8 Å². The maximum atomic E-state index is 11.6. The van der Waals surface area contributed by atoms with Crippen LogP contribution in [0.2, 0.25) is 0 Å². The van der Waals surface area contributed by atoms with E-state index >= 15 is 0 Å². The third-order valence-electron chi connectivity index (χ3n) is 2.69. The van der Waals surface area contributed by atoms with Gasteiger partial charge in [-0.1, -0.05) is 0 Å². The molecule has 1 amide bonds. The normalized spacial score (nSPS) is 18.9. The first-order chi connectivity index (χ1) is 7.42. The topological polar surface area (TPSA) is 69.8 Å². The SMILES string of the molecule is CC(C)(O)CN1CCN(C(=O)CCN)CC1. The van der Waals surface area contributed by atoms with Crippen LogP contribution in [0.1, 0.15) is 20.3 Å². The molecule has 3 N–H and O–H groups in total. The van der Waals surface area contributed by atoms with Gasteiger partial charge in [0.15, 0.2) is 0 Å². The third kappa shape index (κ3) is 4.47. The van der Waals surface area contributed by atoms with Crippen LogP contribution in [0.3, 0.4) is 0 Å². The molecule has 0 saturated carbocycles. The van der Waals surface area contributed by atoms with Gasteiger partial charge in [-0.15, -0.1) is 0 Å². The molecule has 5 nitrogen and oxygen atoms in total. The number of aliphatic hydroxyl groups is 1. The van der Waals surface area contributed by atoms with Gasteiger partial charge in [0, 0.05) is 45.7 Å². The Labute approximate surface area is 97.2 Å². The molecule has 0 radical (unpaired) electrons. The molecule has 0 spiro atoms. The number of rotatable bonds is 4. The minimum Gasteiger partial charge on any atom is -0.389 e. The molecule has 0 aliphatic carbocycles. The molecular formula is C11H23N3O2. The van der Waals surface area contributed by atoms with Crippen molar-refractivity contribution in [1.82, 2.24) is 9.80 Å². The minimum absolute atomic E-state index is 0.144. The monoisotopic (exact) mass is 229 g/mol. The summed E-state index contributed by atoms with van der Waals surface area (Å²) in [5.41, 5.74) is 4.69. The Bertz CT molecular complexity index is 230. The van der Waals surface area contributed by atoms with E-state index in [1.165, 1.54) is 0 Å². The van der Waals surface area contributed by atoms with Gasteiger partial charge in [0.25, 0.3) is 0 Å². The maximum absolute atomic E-state index is 11.6. The summed E-state index contributed by atoms with van der Waals surface area (Å²) in [6.45, 7) is 7.84. The van der Waals surface area contributed by atoms with E-state index in [9.17, 15) is 9.90 Å². The first-order valence-corrected chi connectivity index (χ1v) is 5.85. The number of amides is 1. The van der Waals surface area contributed by atoms with E-state index in [4.69, 9.17) is 5.73 Å². The van der Waals surface area contributed by atoms with Crippen molar-refractivity contribution in [2.24, 2.45) is 5.73 Å². The zero-order valence-corrected chi connectivity index (χ0v) is 10.3. The fourth-order valence-corrected chi connectivity index (χ4v) is 1.98. The molecule has 0 unspecified atom stereocenters. The molecule has 0 aromatic carbocycles. The van der Waals surface area contributed by atoms with Crippen molar-refractivity contribution >= 4 is 5.91 Å². The number of carbonyl (C=O) groups excluding carboxylic acids is 1. The van der Waals surface area contributed by atoms with Gasteiger partial charge in [0.05, 0.1) is 5.60 Å². The van der Waals surface area contributed by atoms with Gasteiger partial charge in [-0.3, -0.25) is 9.69 Å². The Morgan fingerprint density at radius 1 is 1.31 bits per heavy atom. The van der Waals surface area contributed by atoms with E-state index in [0.717, 1.165) is 26.2 Å². The molecule has 0 aromatic rings. The quantitative estimate of drug-likeness (QED) is 0.665. The summed E-state index contributed by atoms with van der Waals surface area (Å²) in [5.74, 6) is 0.144. The molecule has 0 bridgehead atoms. The molecule has 16 heavy (non-hydrogen) atoms. The van der Waals surface area contributed by atoms with E-state index in [2.05, 4.69) is 4.90 Å². The predicted octanol–water partition coefficient (Wildman–Crippen LogP) is -0.750. The molecule has 0 atom stereocenters. The molecule has 1 aliphatic heterocycles. The fraction of sp³-hybridized carbons (Fsp3) is 0.909.